The van der Waals surface area contributed by atoms with Crippen LogP contribution in [0.2, 0.25) is 0 Å². The summed E-state index contributed by atoms with van der Waals surface area (Å²) in [6.07, 6.45) is 4.36. The molecule has 160 valence electrons. The molecule has 1 aliphatic rings. The molecule has 0 atom stereocenters. The van der Waals surface area contributed by atoms with Gasteiger partial charge in [-0.05, 0) is 70.6 Å². The quantitative estimate of drug-likeness (QED) is 0.645. The molecule has 0 radical (unpaired) electrons. The van der Waals surface area contributed by atoms with Crippen LogP contribution in [0, 0.1) is 0 Å². The summed E-state index contributed by atoms with van der Waals surface area (Å²) in [6, 6.07) is 13.1. The van der Waals surface area contributed by atoms with Gasteiger partial charge >= 0.3 is 5.97 Å². The van der Waals surface area contributed by atoms with E-state index in [1.807, 2.05) is 6.08 Å². The molecule has 30 heavy (non-hydrogen) atoms. The van der Waals surface area contributed by atoms with Crippen molar-refractivity contribution in [2.24, 2.45) is 0 Å². The van der Waals surface area contributed by atoms with Gasteiger partial charge in [0.1, 0.15) is 0 Å². The second-order valence-corrected chi connectivity index (χ2v) is 11.6. The minimum absolute atomic E-state index is 0.0254. The number of benzene rings is 2. The first-order chi connectivity index (χ1) is 13.8. The SMILES string of the molecule is C/C(=C\c1ccc(S(=O)(=O)CC(=O)O)cc1)c1ccc2c(c1)C(C)(C)CCC2(C)C. The van der Waals surface area contributed by atoms with Crippen LogP contribution in [0.15, 0.2) is 47.4 Å². The van der Waals surface area contributed by atoms with Crippen LogP contribution >= 0.6 is 0 Å². The Morgan fingerprint density at radius 1 is 0.967 bits per heavy atom. The van der Waals surface area contributed by atoms with Crippen molar-refractivity contribution in [3.8, 4) is 0 Å². The number of carbonyl (C=O) groups is 1. The van der Waals surface area contributed by atoms with E-state index in [-0.39, 0.29) is 15.7 Å². The van der Waals surface area contributed by atoms with Crippen LogP contribution < -0.4 is 0 Å². The number of hydrogen-bond acceptors (Lipinski definition) is 3. The van der Waals surface area contributed by atoms with E-state index < -0.39 is 21.6 Å². The number of carboxylic acids is 1. The number of rotatable bonds is 5. The summed E-state index contributed by atoms with van der Waals surface area (Å²) in [6.45, 7) is 11.3. The van der Waals surface area contributed by atoms with Crippen LogP contribution in [0.3, 0.4) is 0 Å². The van der Waals surface area contributed by atoms with Gasteiger partial charge in [0.05, 0.1) is 4.90 Å². The molecule has 0 amide bonds. The minimum Gasteiger partial charge on any atom is -0.480 e. The molecule has 0 unspecified atom stereocenters. The Balaban J connectivity index is 1.92. The zero-order chi connectivity index (χ0) is 22.3. The largest absolute Gasteiger partial charge is 0.480 e. The topological polar surface area (TPSA) is 71.4 Å². The Hall–Kier alpha value is -2.40. The van der Waals surface area contributed by atoms with Crippen molar-refractivity contribution in [1.82, 2.24) is 0 Å². The van der Waals surface area contributed by atoms with Gasteiger partial charge < -0.3 is 5.11 Å². The normalized spacial score (nSPS) is 18.0. The molecule has 0 saturated heterocycles. The number of sulfone groups is 1. The highest BCUT2D eigenvalue weighted by Gasteiger charge is 2.36. The van der Waals surface area contributed by atoms with Gasteiger partial charge in [-0.2, -0.15) is 0 Å². The molecule has 0 spiro atoms. The van der Waals surface area contributed by atoms with Crippen LogP contribution in [-0.4, -0.2) is 25.2 Å². The first-order valence-electron chi connectivity index (χ1n) is 10.2. The zero-order valence-corrected chi connectivity index (χ0v) is 19.1. The highest BCUT2D eigenvalue weighted by molar-refractivity contribution is 7.92. The second kappa shape index (κ2) is 7.69. The molecule has 4 nitrogen and oxygen atoms in total. The molecular weight excluding hydrogens is 396 g/mol. The molecule has 0 heterocycles. The predicted molar refractivity (Wildman–Crippen MR) is 121 cm³/mol. The molecule has 0 aliphatic heterocycles. The summed E-state index contributed by atoms with van der Waals surface area (Å²) in [4.78, 5) is 10.8. The number of carboxylic acid groups (broad SMARTS) is 1. The fourth-order valence-corrected chi connectivity index (χ4v) is 5.23. The first-order valence-corrected chi connectivity index (χ1v) is 11.9. The van der Waals surface area contributed by atoms with Crippen molar-refractivity contribution < 1.29 is 18.3 Å². The van der Waals surface area contributed by atoms with Crippen molar-refractivity contribution in [2.45, 2.75) is 63.2 Å². The number of aliphatic carboxylic acids is 1. The fourth-order valence-electron chi connectivity index (χ4n) is 4.18. The highest BCUT2D eigenvalue weighted by Crippen LogP contribution is 2.46. The maximum Gasteiger partial charge on any atom is 0.319 e. The van der Waals surface area contributed by atoms with Crippen molar-refractivity contribution in [3.63, 3.8) is 0 Å². The molecule has 5 heteroatoms. The van der Waals surface area contributed by atoms with Gasteiger partial charge in [-0.1, -0.05) is 64.1 Å². The lowest BCUT2D eigenvalue weighted by Gasteiger charge is -2.42. The van der Waals surface area contributed by atoms with Gasteiger partial charge in [-0.25, -0.2) is 8.42 Å². The molecule has 1 N–H and O–H groups in total. The summed E-state index contributed by atoms with van der Waals surface area (Å²) < 4.78 is 24.1. The number of allylic oxidation sites excluding steroid dienone is 1. The van der Waals surface area contributed by atoms with Gasteiger partial charge in [-0.15, -0.1) is 0 Å². The van der Waals surface area contributed by atoms with Crippen LogP contribution in [0.4, 0.5) is 0 Å². The average Bonchev–Trinajstić information content (AvgIpc) is 2.65. The molecule has 0 aromatic heterocycles. The fraction of sp³-hybridized carbons (Fsp3) is 0.400. The van der Waals surface area contributed by atoms with E-state index in [4.69, 9.17) is 5.11 Å². The van der Waals surface area contributed by atoms with Crippen LogP contribution in [0.25, 0.3) is 11.6 Å². The predicted octanol–water partition coefficient (Wildman–Crippen LogP) is 5.45. The molecule has 0 bridgehead atoms. The monoisotopic (exact) mass is 426 g/mol. The Bertz CT molecular complexity index is 1100. The molecule has 0 fully saturated rings. The lowest BCUT2D eigenvalue weighted by molar-refractivity contribution is -0.134. The third-order valence-electron chi connectivity index (χ3n) is 6.24. The lowest BCUT2D eigenvalue weighted by Crippen LogP contribution is -2.33. The smallest absolute Gasteiger partial charge is 0.319 e. The van der Waals surface area contributed by atoms with Gasteiger partial charge in [0.25, 0.3) is 0 Å². The second-order valence-electron chi connectivity index (χ2n) is 9.58. The first kappa shape index (κ1) is 22.3. The highest BCUT2D eigenvalue weighted by atomic mass is 32.2. The van der Waals surface area contributed by atoms with Crippen molar-refractivity contribution >= 4 is 27.5 Å². The van der Waals surface area contributed by atoms with Gasteiger partial charge in [0.2, 0.25) is 0 Å². The van der Waals surface area contributed by atoms with Crippen molar-refractivity contribution in [1.29, 1.82) is 0 Å². The summed E-state index contributed by atoms with van der Waals surface area (Å²) >= 11 is 0. The maximum atomic E-state index is 12.1. The zero-order valence-electron chi connectivity index (χ0n) is 18.3. The number of fused-ring (bicyclic) bond motifs is 1. The van der Waals surface area contributed by atoms with E-state index in [2.05, 4.69) is 52.8 Å². The molecule has 3 rings (SSSR count). The van der Waals surface area contributed by atoms with Crippen LogP contribution in [0.1, 0.15) is 69.7 Å². The van der Waals surface area contributed by atoms with E-state index in [1.54, 1.807) is 12.1 Å². The molecule has 1 aliphatic carbocycles. The van der Waals surface area contributed by atoms with E-state index in [9.17, 15) is 13.2 Å². The summed E-state index contributed by atoms with van der Waals surface area (Å²) in [5.41, 5.74) is 6.27. The lowest BCUT2D eigenvalue weighted by atomic mass is 9.63. The van der Waals surface area contributed by atoms with Crippen LogP contribution in [0.5, 0.6) is 0 Å². The Labute approximate surface area is 179 Å². The Morgan fingerprint density at radius 3 is 2.10 bits per heavy atom. The van der Waals surface area contributed by atoms with E-state index in [1.165, 1.54) is 29.7 Å². The minimum atomic E-state index is -3.81. The van der Waals surface area contributed by atoms with Crippen molar-refractivity contribution in [3.05, 3.63) is 64.7 Å². The number of hydrogen-bond donors (Lipinski definition) is 1. The molecule has 2 aromatic carbocycles. The van der Waals surface area contributed by atoms with Gasteiger partial charge in [-0.3, -0.25) is 4.79 Å². The summed E-state index contributed by atoms with van der Waals surface area (Å²) in [7, 11) is -3.81. The van der Waals surface area contributed by atoms with E-state index in [0.717, 1.165) is 23.1 Å². The standard InChI is InChI=1S/C25H30O4S/c1-17(14-18-6-9-20(10-7-18)30(28,29)16-23(26)27)19-8-11-21-22(15-19)25(4,5)13-12-24(21,2)3/h6-11,14-15H,12-13,16H2,1-5H3,(H,26,27)/b17-14+. The Morgan fingerprint density at radius 2 is 1.53 bits per heavy atom. The third-order valence-corrected chi connectivity index (χ3v) is 7.86. The van der Waals surface area contributed by atoms with E-state index in [0.29, 0.717) is 0 Å². The maximum absolute atomic E-state index is 12.1. The molecular formula is C25H30O4S. The average molecular weight is 427 g/mol. The summed E-state index contributed by atoms with van der Waals surface area (Å²) in [5, 5.41) is 8.77. The molecule has 2 aromatic rings. The van der Waals surface area contributed by atoms with Crippen molar-refractivity contribution in [2.75, 3.05) is 5.75 Å². The Kier molecular flexibility index (Phi) is 5.72. The van der Waals surface area contributed by atoms with Crippen LogP contribution in [-0.2, 0) is 25.5 Å². The third kappa shape index (κ3) is 4.51. The summed E-state index contributed by atoms with van der Waals surface area (Å²) in [5.74, 6) is -2.25. The van der Waals surface area contributed by atoms with Gasteiger partial charge in [0, 0.05) is 0 Å². The molecule has 0 saturated carbocycles. The van der Waals surface area contributed by atoms with E-state index >= 15 is 0 Å². The van der Waals surface area contributed by atoms with Gasteiger partial charge in [0.15, 0.2) is 15.6 Å².